The minimum atomic E-state index is 0.251. The predicted molar refractivity (Wildman–Crippen MR) is 71.6 cm³/mol. The van der Waals surface area contributed by atoms with Crippen LogP contribution in [0.3, 0.4) is 0 Å². The summed E-state index contributed by atoms with van der Waals surface area (Å²) < 4.78 is 5.91. The van der Waals surface area contributed by atoms with Crippen molar-refractivity contribution in [3.8, 4) is 5.75 Å². The lowest BCUT2D eigenvalue weighted by Crippen LogP contribution is -2.25. The zero-order valence-corrected chi connectivity index (χ0v) is 11.1. The molecule has 1 atom stereocenters. The third-order valence-corrected chi connectivity index (χ3v) is 3.28. The summed E-state index contributed by atoms with van der Waals surface area (Å²) in [5.74, 6) is 1.08. The van der Waals surface area contributed by atoms with Crippen LogP contribution in [0.2, 0.25) is 0 Å². The van der Waals surface area contributed by atoms with Crippen molar-refractivity contribution in [1.82, 2.24) is 5.32 Å². The quantitative estimate of drug-likeness (QED) is 0.860. The van der Waals surface area contributed by atoms with Gasteiger partial charge in [0.15, 0.2) is 0 Å². The van der Waals surface area contributed by atoms with Gasteiger partial charge in [0.1, 0.15) is 5.75 Å². The molecule has 17 heavy (non-hydrogen) atoms. The number of hydrogen-bond donors (Lipinski definition) is 1. The lowest BCUT2D eigenvalue weighted by Gasteiger charge is -2.28. The Morgan fingerprint density at radius 1 is 1.41 bits per heavy atom. The van der Waals surface area contributed by atoms with Gasteiger partial charge >= 0.3 is 0 Å². The van der Waals surface area contributed by atoms with Gasteiger partial charge in [0.05, 0.1) is 6.10 Å². The Hall–Kier alpha value is -1.02. The highest BCUT2D eigenvalue weighted by Gasteiger charge is 2.22. The molecule has 94 valence electrons. The van der Waals surface area contributed by atoms with E-state index in [1.165, 1.54) is 24.0 Å². The molecule has 0 aromatic heterocycles. The molecule has 0 bridgehead atoms. The average Bonchev–Trinajstić information content (AvgIpc) is 2.30. The Morgan fingerprint density at radius 3 is 2.94 bits per heavy atom. The minimum absolute atomic E-state index is 0.251. The van der Waals surface area contributed by atoms with Crippen LogP contribution < -0.4 is 10.1 Å². The summed E-state index contributed by atoms with van der Waals surface area (Å²) in [7, 11) is 0. The van der Waals surface area contributed by atoms with Crippen molar-refractivity contribution in [3.05, 3.63) is 29.3 Å². The molecule has 1 aromatic carbocycles. The zero-order chi connectivity index (χ0) is 12.3. The standard InChI is InChI=1S/C15H23NO/c1-4-16-14-9-5-8-13-12(14)7-6-10-15(13)17-11(2)3/h6-7,10-11,14,16H,4-5,8-9H2,1-3H3. The van der Waals surface area contributed by atoms with Gasteiger partial charge in [-0.25, -0.2) is 0 Å². The lowest BCUT2D eigenvalue weighted by molar-refractivity contribution is 0.238. The van der Waals surface area contributed by atoms with Gasteiger partial charge < -0.3 is 10.1 Å². The molecule has 0 spiro atoms. The molecule has 1 aliphatic rings. The first-order valence-electron chi connectivity index (χ1n) is 6.74. The summed E-state index contributed by atoms with van der Waals surface area (Å²) in [5.41, 5.74) is 2.86. The first kappa shape index (κ1) is 12.4. The second-order valence-corrected chi connectivity index (χ2v) is 4.99. The van der Waals surface area contributed by atoms with Crippen LogP contribution in [0.25, 0.3) is 0 Å². The molecule has 0 fully saturated rings. The molecule has 1 aromatic rings. The third kappa shape index (κ3) is 2.81. The number of rotatable bonds is 4. The molecular formula is C15H23NO. The second-order valence-electron chi connectivity index (χ2n) is 4.99. The van der Waals surface area contributed by atoms with E-state index in [0.29, 0.717) is 6.04 Å². The third-order valence-electron chi connectivity index (χ3n) is 3.28. The monoisotopic (exact) mass is 233 g/mol. The molecule has 2 rings (SSSR count). The lowest BCUT2D eigenvalue weighted by atomic mass is 9.87. The van der Waals surface area contributed by atoms with Crippen molar-refractivity contribution < 1.29 is 4.74 Å². The number of fused-ring (bicyclic) bond motifs is 1. The highest BCUT2D eigenvalue weighted by atomic mass is 16.5. The Balaban J connectivity index is 2.29. The fourth-order valence-electron chi connectivity index (χ4n) is 2.64. The molecular weight excluding hydrogens is 210 g/mol. The molecule has 0 radical (unpaired) electrons. The van der Waals surface area contributed by atoms with Crippen molar-refractivity contribution in [1.29, 1.82) is 0 Å². The zero-order valence-electron chi connectivity index (χ0n) is 11.1. The van der Waals surface area contributed by atoms with Crippen molar-refractivity contribution in [2.24, 2.45) is 0 Å². The summed E-state index contributed by atoms with van der Waals surface area (Å²) in [6.07, 6.45) is 3.90. The van der Waals surface area contributed by atoms with Crippen molar-refractivity contribution in [2.75, 3.05) is 6.54 Å². The maximum Gasteiger partial charge on any atom is 0.123 e. The number of hydrogen-bond acceptors (Lipinski definition) is 2. The fraction of sp³-hybridized carbons (Fsp3) is 0.600. The summed E-state index contributed by atoms with van der Waals surface area (Å²) in [6.45, 7) is 7.37. The number of ether oxygens (including phenoxy) is 1. The van der Waals surface area contributed by atoms with Crippen LogP contribution in [0.15, 0.2) is 18.2 Å². The van der Waals surface area contributed by atoms with Gasteiger partial charge in [-0.15, -0.1) is 0 Å². The van der Waals surface area contributed by atoms with Gasteiger partial charge in [0.25, 0.3) is 0 Å². The molecule has 0 aliphatic heterocycles. The van der Waals surface area contributed by atoms with E-state index in [2.05, 4.69) is 44.3 Å². The van der Waals surface area contributed by atoms with Crippen LogP contribution in [0.5, 0.6) is 5.75 Å². The number of benzene rings is 1. The van der Waals surface area contributed by atoms with Gasteiger partial charge in [0.2, 0.25) is 0 Å². The molecule has 0 saturated heterocycles. The summed E-state index contributed by atoms with van der Waals surface area (Å²) in [6, 6.07) is 6.98. The summed E-state index contributed by atoms with van der Waals surface area (Å²) >= 11 is 0. The van der Waals surface area contributed by atoms with E-state index in [0.717, 1.165) is 18.7 Å². The van der Waals surface area contributed by atoms with Gasteiger partial charge in [0, 0.05) is 6.04 Å². The first-order chi connectivity index (χ1) is 8.22. The van der Waals surface area contributed by atoms with Crippen LogP contribution in [0.1, 0.15) is 50.8 Å². The molecule has 0 amide bonds. The van der Waals surface area contributed by atoms with Crippen LogP contribution in [-0.2, 0) is 6.42 Å². The van der Waals surface area contributed by atoms with Crippen molar-refractivity contribution in [2.45, 2.75) is 52.2 Å². The van der Waals surface area contributed by atoms with E-state index in [9.17, 15) is 0 Å². The number of nitrogens with one attached hydrogen (secondary N) is 1. The van der Waals surface area contributed by atoms with Crippen LogP contribution in [0, 0.1) is 0 Å². The normalized spacial score (nSPS) is 19.2. The highest BCUT2D eigenvalue weighted by Crippen LogP contribution is 2.35. The molecule has 1 aliphatic carbocycles. The molecule has 0 saturated carbocycles. The van der Waals surface area contributed by atoms with Crippen LogP contribution in [-0.4, -0.2) is 12.6 Å². The van der Waals surface area contributed by atoms with E-state index >= 15 is 0 Å². The van der Waals surface area contributed by atoms with Crippen LogP contribution >= 0.6 is 0 Å². The van der Waals surface area contributed by atoms with E-state index < -0.39 is 0 Å². The summed E-state index contributed by atoms with van der Waals surface area (Å²) in [4.78, 5) is 0. The fourth-order valence-corrected chi connectivity index (χ4v) is 2.64. The Kier molecular flexibility index (Phi) is 4.06. The minimum Gasteiger partial charge on any atom is -0.491 e. The van der Waals surface area contributed by atoms with Crippen molar-refractivity contribution in [3.63, 3.8) is 0 Å². The van der Waals surface area contributed by atoms with E-state index in [1.54, 1.807) is 0 Å². The van der Waals surface area contributed by atoms with Crippen LogP contribution in [0.4, 0.5) is 0 Å². The van der Waals surface area contributed by atoms with Gasteiger partial charge in [-0.1, -0.05) is 19.1 Å². The smallest absolute Gasteiger partial charge is 0.123 e. The maximum absolute atomic E-state index is 5.91. The highest BCUT2D eigenvalue weighted by molar-refractivity contribution is 5.43. The SMILES string of the molecule is CCNC1CCCc2c(OC(C)C)cccc21. The molecule has 2 nitrogen and oxygen atoms in total. The molecule has 0 heterocycles. The Labute approximate surface area is 104 Å². The van der Waals surface area contributed by atoms with E-state index in [-0.39, 0.29) is 6.10 Å². The van der Waals surface area contributed by atoms with Crippen molar-refractivity contribution >= 4 is 0 Å². The topological polar surface area (TPSA) is 21.3 Å². The van der Waals surface area contributed by atoms with Gasteiger partial charge in [-0.3, -0.25) is 0 Å². The molecule has 1 unspecified atom stereocenters. The largest absolute Gasteiger partial charge is 0.491 e. The Morgan fingerprint density at radius 2 is 2.24 bits per heavy atom. The van der Waals surface area contributed by atoms with Gasteiger partial charge in [-0.05, 0) is 56.8 Å². The predicted octanol–water partition coefficient (Wildman–Crippen LogP) is 3.46. The maximum atomic E-state index is 5.91. The molecule has 2 heteroatoms. The van der Waals surface area contributed by atoms with E-state index in [4.69, 9.17) is 4.74 Å². The van der Waals surface area contributed by atoms with Gasteiger partial charge in [-0.2, -0.15) is 0 Å². The Bertz CT molecular complexity index is 373. The molecule has 1 N–H and O–H groups in total. The average molecular weight is 233 g/mol. The van der Waals surface area contributed by atoms with E-state index in [1.807, 2.05) is 0 Å². The second kappa shape index (κ2) is 5.54. The summed E-state index contributed by atoms with van der Waals surface area (Å²) in [5, 5.41) is 3.57. The first-order valence-corrected chi connectivity index (χ1v) is 6.74.